The summed E-state index contributed by atoms with van der Waals surface area (Å²) in [4.78, 5) is 13.7. The first-order chi connectivity index (χ1) is 7.91. The summed E-state index contributed by atoms with van der Waals surface area (Å²) in [6, 6.07) is 0.134. The molecule has 3 unspecified atom stereocenters. The van der Waals surface area contributed by atoms with E-state index in [-0.39, 0.29) is 17.9 Å². The number of primary amides is 1. The fraction of sp³-hybridized carbons (Fsp3) is 0.923. The van der Waals surface area contributed by atoms with Crippen LogP contribution in [0.15, 0.2) is 0 Å². The third-order valence-corrected chi connectivity index (χ3v) is 3.78. The minimum Gasteiger partial charge on any atom is -0.368 e. The van der Waals surface area contributed by atoms with Gasteiger partial charge < -0.3 is 16.0 Å². The number of amides is 1. The van der Waals surface area contributed by atoms with Crippen molar-refractivity contribution in [2.24, 2.45) is 17.6 Å². The van der Waals surface area contributed by atoms with Crippen molar-refractivity contribution in [3.05, 3.63) is 0 Å². The zero-order chi connectivity index (χ0) is 13.0. The molecule has 3 atom stereocenters. The maximum Gasteiger partial charge on any atom is 0.234 e. The van der Waals surface area contributed by atoms with E-state index >= 15 is 0 Å². The Morgan fingerprint density at radius 2 is 2.06 bits per heavy atom. The largest absolute Gasteiger partial charge is 0.368 e. The number of nitrogens with zero attached hydrogens (tertiary/aromatic N) is 1. The molecule has 0 saturated carbocycles. The van der Waals surface area contributed by atoms with Crippen LogP contribution in [0.2, 0.25) is 0 Å². The van der Waals surface area contributed by atoms with Crippen molar-refractivity contribution in [3.63, 3.8) is 0 Å². The lowest BCUT2D eigenvalue weighted by Crippen LogP contribution is -2.52. The fourth-order valence-electron chi connectivity index (χ4n) is 2.64. The van der Waals surface area contributed by atoms with Gasteiger partial charge in [0.25, 0.3) is 0 Å². The van der Waals surface area contributed by atoms with Gasteiger partial charge in [0.2, 0.25) is 5.91 Å². The highest BCUT2D eigenvalue weighted by molar-refractivity contribution is 5.80. The smallest absolute Gasteiger partial charge is 0.234 e. The molecule has 1 aliphatic rings. The average Bonchev–Trinajstić information content (AvgIpc) is 2.24. The van der Waals surface area contributed by atoms with Crippen molar-refractivity contribution < 1.29 is 4.79 Å². The molecule has 1 fully saturated rings. The standard InChI is InChI=1S/C13H27N3O/c1-9(2)12(13(14)17)15-10(3)11-6-5-7-16(4)8-11/h9-12,15H,5-8H2,1-4H3,(H2,14,17). The molecule has 3 N–H and O–H groups in total. The molecule has 1 heterocycles. The number of nitrogens with one attached hydrogen (secondary N) is 1. The monoisotopic (exact) mass is 241 g/mol. The SMILES string of the molecule is CC(C)C(NC(C)C1CCCN(C)C1)C(N)=O. The van der Waals surface area contributed by atoms with E-state index in [1.54, 1.807) is 0 Å². The van der Waals surface area contributed by atoms with Crippen LogP contribution < -0.4 is 11.1 Å². The molecule has 100 valence electrons. The summed E-state index contributed by atoms with van der Waals surface area (Å²) < 4.78 is 0. The predicted molar refractivity (Wildman–Crippen MR) is 70.6 cm³/mol. The molecule has 4 heteroatoms. The van der Waals surface area contributed by atoms with Crippen LogP contribution in [0.5, 0.6) is 0 Å². The Labute approximate surface area is 105 Å². The zero-order valence-electron chi connectivity index (χ0n) is 11.6. The molecule has 0 spiro atoms. The van der Waals surface area contributed by atoms with Crippen LogP contribution >= 0.6 is 0 Å². The number of hydrogen-bond donors (Lipinski definition) is 2. The third-order valence-electron chi connectivity index (χ3n) is 3.78. The van der Waals surface area contributed by atoms with E-state index in [9.17, 15) is 4.79 Å². The number of hydrogen-bond acceptors (Lipinski definition) is 3. The summed E-state index contributed by atoms with van der Waals surface area (Å²) in [5.74, 6) is 0.627. The zero-order valence-corrected chi connectivity index (χ0v) is 11.6. The summed E-state index contributed by atoms with van der Waals surface area (Å²) in [5.41, 5.74) is 5.43. The molecule has 1 amide bonds. The van der Waals surface area contributed by atoms with Crippen molar-refractivity contribution in [1.82, 2.24) is 10.2 Å². The van der Waals surface area contributed by atoms with E-state index in [4.69, 9.17) is 5.73 Å². The maximum atomic E-state index is 11.4. The van der Waals surface area contributed by atoms with Crippen molar-refractivity contribution in [1.29, 1.82) is 0 Å². The summed E-state index contributed by atoms with van der Waals surface area (Å²) >= 11 is 0. The van der Waals surface area contributed by atoms with Crippen LogP contribution in [0.1, 0.15) is 33.6 Å². The Morgan fingerprint density at radius 1 is 1.41 bits per heavy atom. The Bertz CT molecular complexity index is 255. The van der Waals surface area contributed by atoms with Crippen molar-refractivity contribution in [2.75, 3.05) is 20.1 Å². The van der Waals surface area contributed by atoms with Crippen LogP contribution in [0.3, 0.4) is 0 Å². The lowest BCUT2D eigenvalue weighted by Gasteiger charge is -2.35. The van der Waals surface area contributed by atoms with E-state index in [2.05, 4.69) is 24.2 Å². The van der Waals surface area contributed by atoms with E-state index < -0.39 is 0 Å². The van der Waals surface area contributed by atoms with Gasteiger partial charge in [0.15, 0.2) is 0 Å². The van der Waals surface area contributed by atoms with Crippen molar-refractivity contribution >= 4 is 5.91 Å². The Morgan fingerprint density at radius 3 is 2.53 bits per heavy atom. The maximum absolute atomic E-state index is 11.4. The van der Waals surface area contributed by atoms with Gasteiger partial charge in [-0.15, -0.1) is 0 Å². The number of carbonyl (C=O) groups excluding carboxylic acids is 1. The molecule has 0 aromatic carbocycles. The van der Waals surface area contributed by atoms with Gasteiger partial charge in [-0.25, -0.2) is 0 Å². The number of piperidine rings is 1. The van der Waals surface area contributed by atoms with Crippen molar-refractivity contribution in [2.45, 2.75) is 45.7 Å². The first-order valence-electron chi connectivity index (χ1n) is 6.65. The van der Waals surface area contributed by atoms with Gasteiger partial charge in [-0.3, -0.25) is 4.79 Å². The molecule has 1 saturated heterocycles. The van der Waals surface area contributed by atoms with Gasteiger partial charge in [0.05, 0.1) is 6.04 Å². The molecule has 1 rings (SSSR count). The molecule has 0 aliphatic carbocycles. The van der Waals surface area contributed by atoms with Crippen LogP contribution in [-0.4, -0.2) is 43.0 Å². The number of nitrogens with two attached hydrogens (primary N) is 1. The summed E-state index contributed by atoms with van der Waals surface area (Å²) in [6.07, 6.45) is 2.48. The van der Waals surface area contributed by atoms with Gasteiger partial charge in [0, 0.05) is 12.6 Å². The summed E-state index contributed by atoms with van der Waals surface area (Å²) in [5, 5.41) is 3.40. The number of likely N-dealkylation sites (tertiary alicyclic amines) is 1. The Hall–Kier alpha value is -0.610. The highest BCUT2D eigenvalue weighted by atomic mass is 16.1. The Balaban J connectivity index is 2.51. The number of carbonyl (C=O) groups is 1. The van der Waals surface area contributed by atoms with E-state index in [0.29, 0.717) is 12.0 Å². The molecule has 0 aromatic rings. The molecule has 0 radical (unpaired) electrons. The second-order valence-corrected chi connectivity index (χ2v) is 5.74. The second kappa shape index (κ2) is 6.36. The highest BCUT2D eigenvalue weighted by Crippen LogP contribution is 2.19. The topological polar surface area (TPSA) is 58.4 Å². The number of rotatable bonds is 5. The van der Waals surface area contributed by atoms with Gasteiger partial charge in [-0.2, -0.15) is 0 Å². The minimum absolute atomic E-state index is 0.211. The summed E-state index contributed by atoms with van der Waals surface area (Å²) in [6.45, 7) is 8.52. The van der Waals surface area contributed by atoms with E-state index in [1.807, 2.05) is 13.8 Å². The third kappa shape index (κ3) is 4.28. The van der Waals surface area contributed by atoms with E-state index in [1.165, 1.54) is 19.4 Å². The fourth-order valence-corrected chi connectivity index (χ4v) is 2.64. The van der Waals surface area contributed by atoms with Crippen LogP contribution in [0, 0.1) is 11.8 Å². The second-order valence-electron chi connectivity index (χ2n) is 5.74. The van der Waals surface area contributed by atoms with Gasteiger partial charge in [0.1, 0.15) is 0 Å². The van der Waals surface area contributed by atoms with Gasteiger partial charge in [-0.1, -0.05) is 13.8 Å². The van der Waals surface area contributed by atoms with Crippen LogP contribution in [-0.2, 0) is 4.79 Å². The predicted octanol–water partition coefficient (Wildman–Crippen LogP) is 0.816. The first-order valence-corrected chi connectivity index (χ1v) is 6.65. The van der Waals surface area contributed by atoms with E-state index in [0.717, 1.165) is 6.54 Å². The first kappa shape index (κ1) is 14.5. The van der Waals surface area contributed by atoms with Gasteiger partial charge in [-0.05, 0) is 45.2 Å². The average molecular weight is 241 g/mol. The molecular formula is C13H27N3O. The van der Waals surface area contributed by atoms with Gasteiger partial charge >= 0.3 is 0 Å². The molecular weight excluding hydrogens is 214 g/mol. The summed E-state index contributed by atoms with van der Waals surface area (Å²) in [7, 11) is 2.16. The van der Waals surface area contributed by atoms with Crippen molar-refractivity contribution in [3.8, 4) is 0 Å². The normalized spacial score (nSPS) is 25.8. The molecule has 17 heavy (non-hydrogen) atoms. The van der Waals surface area contributed by atoms with Crippen LogP contribution in [0.4, 0.5) is 0 Å². The quantitative estimate of drug-likeness (QED) is 0.749. The molecule has 1 aliphatic heterocycles. The molecule has 0 bridgehead atoms. The Kier molecular flexibility index (Phi) is 5.40. The molecule has 0 aromatic heterocycles. The lowest BCUT2D eigenvalue weighted by atomic mass is 9.90. The lowest BCUT2D eigenvalue weighted by molar-refractivity contribution is -0.121. The highest BCUT2D eigenvalue weighted by Gasteiger charge is 2.27. The minimum atomic E-state index is -0.240. The molecule has 4 nitrogen and oxygen atoms in total. The van der Waals surface area contributed by atoms with Crippen LogP contribution in [0.25, 0.3) is 0 Å².